The number of halogens is 2. The Labute approximate surface area is 224 Å². The second kappa shape index (κ2) is 9.34. The van der Waals surface area contributed by atoms with Crippen LogP contribution in [0.15, 0.2) is 42.9 Å². The zero-order valence-corrected chi connectivity index (χ0v) is 21.9. The molecule has 0 bridgehead atoms. The lowest BCUT2D eigenvalue weighted by molar-refractivity contribution is -0.0144. The molecule has 0 radical (unpaired) electrons. The maximum absolute atomic E-state index is 15.0. The van der Waals surface area contributed by atoms with Crippen molar-refractivity contribution in [2.24, 2.45) is 0 Å². The molecule has 4 heterocycles. The van der Waals surface area contributed by atoms with Gasteiger partial charge in [-0.05, 0) is 25.1 Å². The second-order valence-corrected chi connectivity index (χ2v) is 10.1. The first-order valence-electron chi connectivity index (χ1n) is 11.5. The molecule has 1 aliphatic heterocycles. The van der Waals surface area contributed by atoms with Crippen molar-refractivity contribution in [3.05, 3.63) is 65.1 Å². The van der Waals surface area contributed by atoms with E-state index in [-0.39, 0.29) is 12.2 Å². The molecule has 12 heteroatoms. The molecule has 1 amide bonds. The first-order valence-corrected chi connectivity index (χ1v) is 12.7. The molecule has 0 aliphatic carbocycles. The fourth-order valence-corrected chi connectivity index (χ4v) is 5.57. The number of hydrogen-bond acceptors (Lipinski definition) is 9. The van der Waals surface area contributed by atoms with Crippen LogP contribution < -0.4 is 14.4 Å². The number of fused-ring (bicyclic) bond motifs is 4. The van der Waals surface area contributed by atoms with Crippen LogP contribution in [0.1, 0.15) is 11.4 Å². The maximum Gasteiger partial charge on any atom is 0.417 e. The van der Waals surface area contributed by atoms with Gasteiger partial charge >= 0.3 is 6.09 Å². The molecule has 2 aromatic carbocycles. The number of hydrogen-bond donors (Lipinski definition) is 0. The van der Waals surface area contributed by atoms with Gasteiger partial charge in [0.2, 0.25) is 0 Å². The molecular weight excluding hydrogens is 533 g/mol. The van der Waals surface area contributed by atoms with Gasteiger partial charge in [0.25, 0.3) is 6.29 Å². The monoisotopic (exact) mass is 551 g/mol. The zero-order valence-electron chi connectivity index (χ0n) is 20.4. The number of ether oxygens (including phenoxy) is 3. The van der Waals surface area contributed by atoms with Crippen LogP contribution in [0.2, 0.25) is 5.02 Å². The Morgan fingerprint density at radius 1 is 1.18 bits per heavy atom. The van der Waals surface area contributed by atoms with E-state index in [4.69, 9.17) is 25.8 Å². The molecule has 6 rings (SSSR count). The molecular formula is C26H19ClFN5O4S. The number of pyridine rings is 1. The van der Waals surface area contributed by atoms with Gasteiger partial charge in [-0.2, -0.15) is 0 Å². The number of amides is 1. The third-order valence-corrected chi connectivity index (χ3v) is 7.53. The summed E-state index contributed by atoms with van der Waals surface area (Å²) in [5.41, 5.74) is 2.92. The fourth-order valence-electron chi connectivity index (χ4n) is 4.24. The SMILES string of the molecule is COc1cnc2c(-c3nc4cc(F)c5c(c4s3)CC(OC(=O)N(C)c3cnc(C)nc3)O5)cc(Cl)cc2c1. The van der Waals surface area contributed by atoms with Gasteiger partial charge in [0.05, 0.1) is 53.5 Å². The summed E-state index contributed by atoms with van der Waals surface area (Å²) in [5.74, 6) is 0.649. The van der Waals surface area contributed by atoms with Gasteiger partial charge in [0.1, 0.15) is 16.6 Å². The number of carbonyl (C=O) groups excluding carboxylic acids is 1. The number of carbonyl (C=O) groups is 1. The number of rotatable bonds is 4. The summed E-state index contributed by atoms with van der Waals surface area (Å²) in [6.07, 6.45) is 3.14. The third kappa shape index (κ3) is 4.23. The summed E-state index contributed by atoms with van der Waals surface area (Å²) in [7, 11) is 3.10. The number of nitrogens with zero attached hydrogens (tertiary/aromatic N) is 5. The number of aryl methyl sites for hydroxylation is 1. The van der Waals surface area contributed by atoms with Crippen molar-refractivity contribution >= 4 is 55.8 Å². The average molecular weight is 552 g/mol. The summed E-state index contributed by atoms with van der Waals surface area (Å²) in [5, 5.41) is 1.93. The molecule has 192 valence electrons. The highest BCUT2D eigenvalue weighted by atomic mass is 35.5. The van der Waals surface area contributed by atoms with Gasteiger partial charge in [-0.25, -0.2) is 24.1 Å². The van der Waals surface area contributed by atoms with Gasteiger partial charge in [-0.15, -0.1) is 11.3 Å². The predicted molar refractivity (Wildman–Crippen MR) is 142 cm³/mol. The zero-order chi connectivity index (χ0) is 26.6. The highest BCUT2D eigenvalue weighted by Crippen LogP contribution is 2.44. The lowest BCUT2D eigenvalue weighted by atomic mass is 10.1. The minimum atomic E-state index is -1.00. The lowest BCUT2D eigenvalue weighted by Crippen LogP contribution is -2.33. The van der Waals surface area contributed by atoms with Gasteiger partial charge < -0.3 is 14.2 Å². The van der Waals surface area contributed by atoms with Gasteiger partial charge in [-0.1, -0.05) is 11.6 Å². The van der Waals surface area contributed by atoms with Crippen molar-refractivity contribution in [1.29, 1.82) is 0 Å². The van der Waals surface area contributed by atoms with Crippen LogP contribution in [0.25, 0.3) is 31.7 Å². The highest BCUT2D eigenvalue weighted by molar-refractivity contribution is 7.22. The van der Waals surface area contributed by atoms with Crippen molar-refractivity contribution < 1.29 is 23.4 Å². The largest absolute Gasteiger partial charge is 0.495 e. The van der Waals surface area contributed by atoms with E-state index in [1.807, 2.05) is 6.07 Å². The number of methoxy groups -OCH3 is 1. The minimum absolute atomic E-state index is 0.0469. The van der Waals surface area contributed by atoms with Crippen molar-refractivity contribution in [3.8, 4) is 22.1 Å². The number of benzene rings is 2. The standard InChI is InChI=1S/C26H19ClFN5O4S/c1-12-29-9-15(10-30-12)33(2)26(34)37-21-7-18-23(36-21)19(28)8-20-24(18)38-25(32-20)17-6-14(27)4-13-5-16(35-3)11-31-22(13)17/h4-6,8-11,21H,7H2,1-3H3. The lowest BCUT2D eigenvalue weighted by Gasteiger charge is -2.19. The van der Waals surface area contributed by atoms with Crippen molar-refractivity contribution in [3.63, 3.8) is 0 Å². The minimum Gasteiger partial charge on any atom is -0.495 e. The Morgan fingerprint density at radius 3 is 2.74 bits per heavy atom. The summed E-state index contributed by atoms with van der Waals surface area (Å²) in [6, 6.07) is 6.74. The number of aromatic nitrogens is 4. The molecule has 1 atom stereocenters. The van der Waals surface area contributed by atoms with E-state index in [0.717, 1.165) is 10.1 Å². The Morgan fingerprint density at radius 2 is 1.97 bits per heavy atom. The highest BCUT2D eigenvalue weighted by Gasteiger charge is 2.33. The van der Waals surface area contributed by atoms with Gasteiger partial charge in [0, 0.05) is 34.6 Å². The van der Waals surface area contributed by atoms with Gasteiger partial charge in [-0.3, -0.25) is 9.88 Å². The maximum atomic E-state index is 15.0. The van der Waals surface area contributed by atoms with Crippen LogP contribution in [0.3, 0.4) is 0 Å². The number of thiazole rings is 1. The van der Waals surface area contributed by atoms with E-state index < -0.39 is 18.2 Å². The Balaban J connectivity index is 1.32. The van der Waals surface area contributed by atoms with E-state index in [9.17, 15) is 4.79 Å². The quantitative estimate of drug-likeness (QED) is 0.270. The van der Waals surface area contributed by atoms with Crippen molar-refractivity contribution in [2.45, 2.75) is 19.6 Å². The smallest absolute Gasteiger partial charge is 0.417 e. The summed E-state index contributed by atoms with van der Waals surface area (Å²) in [4.78, 5) is 31.4. The fraction of sp³-hybridized carbons (Fsp3) is 0.192. The Hall–Kier alpha value is -4.09. The van der Waals surface area contributed by atoms with Crippen LogP contribution in [-0.4, -0.2) is 46.5 Å². The first-order chi connectivity index (χ1) is 18.3. The summed E-state index contributed by atoms with van der Waals surface area (Å²) in [6.45, 7) is 1.74. The molecule has 1 aliphatic rings. The molecule has 0 saturated carbocycles. The first kappa shape index (κ1) is 24.3. The third-order valence-electron chi connectivity index (χ3n) is 6.15. The number of anilines is 1. The van der Waals surface area contributed by atoms with Crippen molar-refractivity contribution in [1.82, 2.24) is 19.9 Å². The molecule has 0 spiro atoms. The Kier molecular flexibility index (Phi) is 5.96. The molecule has 0 fully saturated rings. The van der Waals surface area contributed by atoms with Crippen LogP contribution in [0.4, 0.5) is 14.9 Å². The Bertz CT molecular complexity index is 1730. The van der Waals surface area contributed by atoms with Crippen LogP contribution in [0, 0.1) is 12.7 Å². The molecule has 5 aromatic rings. The van der Waals surface area contributed by atoms with E-state index in [0.29, 0.717) is 49.5 Å². The van der Waals surface area contributed by atoms with Gasteiger partial charge in [0.15, 0.2) is 11.6 Å². The van der Waals surface area contributed by atoms with E-state index >= 15 is 4.39 Å². The van der Waals surface area contributed by atoms with Crippen LogP contribution in [-0.2, 0) is 11.2 Å². The molecule has 0 N–H and O–H groups in total. The van der Waals surface area contributed by atoms with E-state index in [1.165, 1.54) is 41.7 Å². The molecule has 9 nitrogen and oxygen atoms in total. The van der Waals surface area contributed by atoms with E-state index in [2.05, 4.69) is 19.9 Å². The van der Waals surface area contributed by atoms with Crippen LogP contribution >= 0.6 is 22.9 Å². The summed E-state index contributed by atoms with van der Waals surface area (Å²) >= 11 is 7.77. The normalized spacial score (nSPS) is 14.4. The predicted octanol–water partition coefficient (Wildman–Crippen LogP) is 5.95. The summed E-state index contributed by atoms with van der Waals surface area (Å²) < 4.78 is 32.3. The van der Waals surface area contributed by atoms with Crippen LogP contribution in [0.5, 0.6) is 11.5 Å². The van der Waals surface area contributed by atoms with Crippen molar-refractivity contribution in [2.75, 3.05) is 19.1 Å². The van der Waals surface area contributed by atoms with E-state index in [1.54, 1.807) is 32.4 Å². The topological polar surface area (TPSA) is 99.6 Å². The second-order valence-electron chi connectivity index (χ2n) is 8.62. The molecule has 3 aromatic heterocycles. The average Bonchev–Trinajstić information content (AvgIpc) is 3.52. The molecule has 38 heavy (non-hydrogen) atoms. The molecule has 0 saturated heterocycles. The molecule has 1 unspecified atom stereocenters.